The number of carbonyl (C=O) groups excluding carboxylic acids is 4. The number of hydrazone groups is 1. The molecule has 0 saturated carbocycles. The van der Waals surface area contributed by atoms with E-state index in [0.717, 1.165) is 0 Å². The molecular weight excluding hydrogens is 516 g/mol. The number of amides is 3. The van der Waals surface area contributed by atoms with E-state index in [2.05, 4.69) is 21.2 Å². The van der Waals surface area contributed by atoms with Crippen molar-refractivity contribution in [2.45, 2.75) is 20.3 Å². The molecule has 0 spiro atoms. The fraction of sp³-hybridized carbons (Fsp3) is 0.207. The third kappa shape index (κ3) is 9.60. The number of para-hydroxylation sites is 1. The van der Waals surface area contributed by atoms with E-state index in [9.17, 15) is 19.2 Å². The molecule has 0 saturated heterocycles. The Labute approximate surface area is 231 Å². The lowest BCUT2D eigenvalue weighted by Crippen LogP contribution is -2.24. The summed E-state index contributed by atoms with van der Waals surface area (Å²) >= 11 is 0. The second kappa shape index (κ2) is 15.3. The van der Waals surface area contributed by atoms with Crippen molar-refractivity contribution in [3.8, 4) is 11.5 Å². The van der Waals surface area contributed by atoms with E-state index in [1.54, 1.807) is 80.6 Å². The number of anilines is 2. The summed E-state index contributed by atoms with van der Waals surface area (Å²) in [6.07, 6.45) is 1.01. The van der Waals surface area contributed by atoms with E-state index < -0.39 is 23.7 Å². The van der Waals surface area contributed by atoms with Crippen LogP contribution in [-0.2, 0) is 19.1 Å². The van der Waals surface area contributed by atoms with E-state index in [0.29, 0.717) is 40.6 Å². The molecule has 3 aromatic carbocycles. The third-order valence-corrected chi connectivity index (χ3v) is 5.09. The van der Waals surface area contributed by atoms with Crippen molar-refractivity contribution >= 4 is 41.3 Å². The van der Waals surface area contributed by atoms with Crippen molar-refractivity contribution in [3.63, 3.8) is 0 Å². The predicted molar refractivity (Wildman–Crippen MR) is 150 cm³/mol. The van der Waals surface area contributed by atoms with Gasteiger partial charge in [-0.2, -0.15) is 5.10 Å². The number of esters is 1. The van der Waals surface area contributed by atoms with Crippen molar-refractivity contribution in [3.05, 3.63) is 83.9 Å². The van der Waals surface area contributed by atoms with Gasteiger partial charge in [0.15, 0.2) is 18.1 Å². The van der Waals surface area contributed by atoms with Gasteiger partial charge in [-0.1, -0.05) is 18.2 Å². The molecular formula is C29H30N4O7. The molecule has 0 aromatic heterocycles. The molecule has 3 rings (SSSR count). The number of benzene rings is 3. The van der Waals surface area contributed by atoms with E-state index in [-0.39, 0.29) is 19.6 Å². The quantitative estimate of drug-likeness (QED) is 0.128. The van der Waals surface area contributed by atoms with E-state index in [1.165, 1.54) is 6.21 Å². The average molecular weight is 547 g/mol. The van der Waals surface area contributed by atoms with Crippen LogP contribution >= 0.6 is 0 Å². The number of nitrogens with zero attached hydrogens (tertiary/aromatic N) is 1. The molecule has 40 heavy (non-hydrogen) atoms. The monoisotopic (exact) mass is 546 g/mol. The first-order valence-corrected chi connectivity index (χ1v) is 12.5. The third-order valence-electron chi connectivity index (χ3n) is 5.09. The highest BCUT2D eigenvalue weighted by atomic mass is 16.5. The first kappa shape index (κ1) is 29.4. The van der Waals surface area contributed by atoms with Crippen LogP contribution < -0.4 is 25.5 Å². The number of hydrogen-bond acceptors (Lipinski definition) is 8. The van der Waals surface area contributed by atoms with Crippen molar-refractivity contribution in [2.24, 2.45) is 5.10 Å². The zero-order valence-corrected chi connectivity index (χ0v) is 22.1. The molecule has 0 radical (unpaired) electrons. The van der Waals surface area contributed by atoms with E-state index in [1.807, 2.05) is 6.07 Å². The number of carbonyl (C=O) groups is 4. The van der Waals surface area contributed by atoms with Crippen LogP contribution in [0.15, 0.2) is 77.9 Å². The molecule has 11 nitrogen and oxygen atoms in total. The van der Waals surface area contributed by atoms with Crippen molar-refractivity contribution in [1.82, 2.24) is 5.43 Å². The lowest BCUT2D eigenvalue weighted by atomic mass is 10.2. The molecule has 3 N–H and O–H groups in total. The fourth-order valence-electron chi connectivity index (χ4n) is 3.33. The molecule has 0 heterocycles. The molecule has 0 aliphatic heterocycles. The van der Waals surface area contributed by atoms with Crippen molar-refractivity contribution in [1.29, 1.82) is 0 Å². The Morgan fingerprint density at radius 3 is 2.15 bits per heavy atom. The molecule has 0 fully saturated rings. The Kier molecular flexibility index (Phi) is 11.2. The van der Waals surface area contributed by atoms with Gasteiger partial charge in [-0.25, -0.2) is 10.2 Å². The van der Waals surface area contributed by atoms with Crippen molar-refractivity contribution < 1.29 is 33.4 Å². The Morgan fingerprint density at radius 1 is 0.750 bits per heavy atom. The van der Waals surface area contributed by atoms with Crippen LogP contribution in [0.25, 0.3) is 0 Å². The smallest absolute Gasteiger partial charge is 0.338 e. The van der Waals surface area contributed by atoms with Crippen LogP contribution in [0.5, 0.6) is 11.5 Å². The Balaban J connectivity index is 1.50. The molecule has 0 unspecified atom stereocenters. The second-order valence-electron chi connectivity index (χ2n) is 8.16. The zero-order chi connectivity index (χ0) is 28.7. The second-order valence-corrected chi connectivity index (χ2v) is 8.16. The van der Waals surface area contributed by atoms with Gasteiger partial charge < -0.3 is 24.8 Å². The van der Waals surface area contributed by atoms with Crippen LogP contribution in [0.1, 0.15) is 36.2 Å². The van der Waals surface area contributed by atoms with Gasteiger partial charge in [0.05, 0.1) is 25.0 Å². The number of rotatable bonds is 13. The van der Waals surface area contributed by atoms with Crippen LogP contribution in [0.3, 0.4) is 0 Å². The SMILES string of the molecule is CCOC(=O)c1ccc(NC(=O)COc2ccc(C=NNC(=O)CC(=O)Nc3ccccc3)cc2OCC)cc1. The summed E-state index contributed by atoms with van der Waals surface area (Å²) in [5, 5.41) is 9.20. The summed E-state index contributed by atoms with van der Waals surface area (Å²) < 4.78 is 16.2. The van der Waals surface area contributed by atoms with Crippen molar-refractivity contribution in [2.75, 3.05) is 30.5 Å². The van der Waals surface area contributed by atoms with Crippen LogP contribution in [0, 0.1) is 0 Å². The van der Waals surface area contributed by atoms with Gasteiger partial charge >= 0.3 is 5.97 Å². The van der Waals surface area contributed by atoms with E-state index >= 15 is 0 Å². The fourth-order valence-corrected chi connectivity index (χ4v) is 3.33. The maximum atomic E-state index is 12.4. The standard InChI is InChI=1S/C29H30N4O7/c1-3-38-25-16-20(18-30-33-27(35)17-26(34)31-22-8-6-5-7-9-22)10-15-24(25)40-19-28(36)32-23-13-11-21(12-14-23)29(37)39-4-2/h5-16,18H,3-4,17,19H2,1-2H3,(H,31,34)(H,32,36)(H,33,35). The molecule has 0 aliphatic rings. The Hall–Kier alpha value is -5.19. The molecule has 11 heteroatoms. The highest BCUT2D eigenvalue weighted by Crippen LogP contribution is 2.28. The minimum absolute atomic E-state index is 0.276. The van der Waals surface area contributed by atoms with Crippen LogP contribution in [0.4, 0.5) is 11.4 Å². The average Bonchev–Trinajstić information content (AvgIpc) is 2.94. The van der Waals surface area contributed by atoms with Gasteiger partial charge in [-0.3, -0.25) is 14.4 Å². The lowest BCUT2D eigenvalue weighted by molar-refractivity contribution is -0.126. The molecule has 3 amide bonds. The van der Waals surface area contributed by atoms with Crippen LogP contribution in [0.2, 0.25) is 0 Å². The molecule has 0 bridgehead atoms. The summed E-state index contributed by atoms with van der Waals surface area (Å²) in [5.74, 6) is -1.15. The highest BCUT2D eigenvalue weighted by Gasteiger charge is 2.12. The molecule has 3 aromatic rings. The Morgan fingerprint density at radius 2 is 1.45 bits per heavy atom. The van der Waals surface area contributed by atoms with Gasteiger partial charge in [0.2, 0.25) is 11.8 Å². The maximum Gasteiger partial charge on any atom is 0.338 e. The van der Waals surface area contributed by atoms with Crippen LogP contribution in [-0.4, -0.2) is 49.7 Å². The molecule has 0 aliphatic carbocycles. The first-order valence-electron chi connectivity index (χ1n) is 12.5. The summed E-state index contributed by atoms with van der Waals surface area (Å²) in [6.45, 7) is 3.87. The van der Waals surface area contributed by atoms with Gasteiger partial charge in [0.25, 0.3) is 5.91 Å². The number of ether oxygens (including phenoxy) is 3. The maximum absolute atomic E-state index is 12.4. The lowest BCUT2D eigenvalue weighted by Gasteiger charge is -2.13. The first-order chi connectivity index (χ1) is 19.4. The van der Waals surface area contributed by atoms with Gasteiger partial charge in [0, 0.05) is 11.4 Å². The summed E-state index contributed by atoms with van der Waals surface area (Å²) in [6, 6.07) is 20.0. The molecule has 208 valence electrons. The topological polar surface area (TPSA) is 144 Å². The van der Waals surface area contributed by atoms with Gasteiger partial charge in [-0.05, 0) is 74.0 Å². The molecule has 0 atom stereocenters. The highest BCUT2D eigenvalue weighted by molar-refractivity contribution is 6.03. The predicted octanol–water partition coefficient (Wildman–Crippen LogP) is 3.76. The Bertz CT molecular complexity index is 1340. The minimum Gasteiger partial charge on any atom is -0.490 e. The largest absolute Gasteiger partial charge is 0.490 e. The normalized spacial score (nSPS) is 10.4. The van der Waals surface area contributed by atoms with Gasteiger partial charge in [0.1, 0.15) is 6.42 Å². The zero-order valence-electron chi connectivity index (χ0n) is 22.1. The number of nitrogens with one attached hydrogen (secondary N) is 3. The summed E-state index contributed by atoms with van der Waals surface area (Å²) in [7, 11) is 0. The minimum atomic E-state index is -0.573. The number of hydrogen-bond donors (Lipinski definition) is 3. The summed E-state index contributed by atoms with van der Waals surface area (Å²) in [5.41, 5.74) is 4.38. The van der Waals surface area contributed by atoms with E-state index in [4.69, 9.17) is 14.2 Å². The summed E-state index contributed by atoms with van der Waals surface area (Å²) in [4.78, 5) is 48.1. The van der Waals surface area contributed by atoms with Gasteiger partial charge in [-0.15, -0.1) is 0 Å².